The minimum atomic E-state index is 0.142. The fourth-order valence-corrected chi connectivity index (χ4v) is 3.32. The molecule has 0 saturated heterocycles. The Labute approximate surface area is 147 Å². The third-order valence-electron chi connectivity index (χ3n) is 5.37. The second-order valence-electron chi connectivity index (χ2n) is 7.20. The van der Waals surface area contributed by atoms with Crippen LogP contribution in [-0.2, 0) is 11.2 Å². The number of rotatable bonds is 7. The first-order valence-electron chi connectivity index (χ1n) is 9.50. The van der Waals surface area contributed by atoms with E-state index < -0.39 is 0 Å². The van der Waals surface area contributed by atoms with Crippen LogP contribution in [0.3, 0.4) is 0 Å². The minimum Gasteiger partial charge on any atom is -0.461 e. The van der Waals surface area contributed by atoms with E-state index in [1.807, 2.05) is 0 Å². The van der Waals surface area contributed by atoms with Gasteiger partial charge in [-0.05, 0) is 54.7 Å². The number of fused-ring (bicyclic) bond motifs is 1. The van der Waals surface area contributed by atoms with Crippen LogP contribution in [0.1, 0.15) is 95.8 Å². The van der Waals surface area contributed by atoms with Crippen LogP contribution < -0.4 is 4.74 Å². The fraction of sp³-hybridized carbons (Fsp3) is 0.591. The number of Topliss-reactive ketones (excluding diaryl/α,β-unsaturated/α-hetero) is 1. The molecule has 2 atom stereocenters. The van der Waals surface area contributed by atoms with E-state index >= 15 is 0 Å². The molecule has 1 aromatic carbocycles. The summed E-state index contributed by atoms with van der Waals surface area (Å²) in [4.78, 5) is 12.1. The fourth-order valence-electron chi connectivity index (χ4n) is 3.32. The average Bonchev–Trinajstić information content (AvgIpc) is 2.58. The largest absolute Gasteiger partial charge is 0.461 e. The molecule has 2 heteroatoms. The van der Waals surface area contributed by atoms with Crippen molar-refractivity contribution in [2.45, 2.75) is 85.5 Å². The molecule has 2 nitrogen and oxygen atoms in total. The maximum atomic E-state index is 12.1. The Hall–Kier alpha value is -1.57. The summed E-state index contributed by atoms with van der Waals surface area (Å²) in [5, 5.41) is 0. The Morgan fingerprint density at radius 2 is 1.79 bits per heavy atom. The lowest BCUT2D eigenvalue weighted by Crippen LogP contribution is -2.17. The molecule has 0 spiro atoms. The molecular weight excluding hydrogens is 296 g/mol. The van der Waals surface area contributed by atoms with Crippen LogP contribution in [0.15, 0.2) is 23.5 Å². The third-order valence-corrected chi connectivity index (χ3v) is 5.37. The van der Waals surface area contributed by atoms with Gasteiger partial charge in [0.1, 0.15) is 11.5 Å². The van der Waals surface area contributed by atoms with E-state index in [1.54, 1.807) is 6.92 Å². The molecule has 0 radical (unpaired) electrons. The van der Waals surface area contributed by atoms with Gasteiger partial charge in [0.25, 0.3) is 0 Å². The van der Waals surface area contributed by atoms with E-state index in [2.05, 4.69) is 46.8 Å². The summed E-state index contributed by atoms with van der Waals surface area (Å²) >= 11 is 0. The number of benzene rings is 1. The van der Waals surface area contributed by atoms with Crippen molar-refractivity contribution in [2.24, 2.45) is 0 Å². The van der Waals surface area contributed by atoms with Gasteiger partial charge >= 0.3 is 0 Å². The van der Waals surface area contributed by atoms with Gasteiger partial charge in [-0.3, -0.25) is 4.79 Å². The quantitative estimate of drug-likeness (QED) is 0.588. The zero-order valence-electron chi connectivity index (χ0n) is 16.2. The molecule has 0 aromatic heterocycles. The van der Waals surface area contributed by atoms with Crippen molar-refractivity contribution < 1.29 is 9.53 Å². The average molecular weight is 328 g/mol. The molecule has 1 aliphatic rings. The molecule has 132 valence electrons. The summed E-state index contributed by atoms with van der Waals surface area (Å²) in [6.45, 7) is 12.8. The lowest BCUT2D eigenvalue weighted by atomic mass is 9.85. The number of hydrogen-bond acceptors (Lipinski definition) is 2. The second kappa shape index (κ2) is 8.00. The molecule has 0 fully saturated rings. The normalized spacial score (nSPS) is 16.4. The van der Waals surface area contributed by atoms with E-state index in [1.165, 1.54) is 16.7 Å². The van der Waals surface area contributed by atoms with Gasteiger partial charge in [0, 0.05) is 18.4 Å². The molecule has 2 unspecified atom stereocenters. The van der Waals surface area contributed by atoms with Crippen molar-refractivity contribution in [2.75, 3.05) is 0 Å². The van der Waals surface area contributed by atoms with Gasteiger partial charge in [0.2, 0.25) is 0 Å². The van der Waals surface area contributed by atoms with Crippen molar-refractivity contribution in [3.05, 3.63) is 40.2 Å². The predicted octanol–water partition coefficient (Wildman–Crippen LogP) is 6.29. The second-order valence-corrected chi connectivity index (χ2v) is 7.20. The molecule has 0 aliphatic carbocycles. The molecule has 1 aromatic rings. The van der Waals surface area contributed by atoms with Crippen LogP contribution >= 0.6 is 0 Å². The van der Waals surface area contributed by atoms with Crippen LogP contribution in [-0.4, -0.2) is 5.78 Å². The summed E-state index contributed by atoms with van der Waals surface area (Å²) in [5.41, 5.74) is 4.73. The van der Waals surface area contributed by atoms with E-state index in [0.717, 1.165) is 42.8 Å². The predicted molar refractivity (Wildman–Crippen MR) is 101 cm³/mol. The Morgan fingerprint density at radius 3 is 2.33 bits per heavy atom. The number of carbonyl (C=O) groups excluding carboxylic acids is 1. The molecule has 1 aliphatic heterocycles. The topological polar surface area (TPSA) is 26.3 Å². The van der Waals surface area contributed by atoms with Gasteiger partial charge in [0.05, 0.1) is 0 Å². The third kappa shape index (κ3) is 3.74. The Bertz CT molecular complexity index is 640. The molecule has 24 heavy (non-hydrogen) atoms. The standard InChI is InChI=1S/C22H32O2/c1-7-10-21-20(16(6)23)13-18-11-17(14(4)8-2)12-19(15(5)9-3)22(18)24-21/h11-12,14-15H,7-10,13H2,1-6H3. The number of ether oxygens (including phenoxy) is 1. The number of allylic oxidation sites excluding steroid dienone is 2. The van der Waals surface area contributed by atoms with E-state index in [-0.39, 0.29) is 5.78 Å². The van der Waals surface area contributed by atoms with Crippen molar-refractivity contribution in [3.8, 4) is 5.75 Å². The zero-order chi connectivity index (χ0) is 17.9. The highest BCUT2D eigenvalue weighted by atomic mass is 16.5. The molecule has 0 amide bonds. The van der Waals surface area contributed by atoms with Crippen LogP contribution in [0.4, 0.5) is 0 Å². The number of hydrogen-bond donors (Lipinski definition) is 0. The van der Waals surface area contributed by atoms with Gasteiger partial charge in [-0.25, -0.2) is 0 Å². The first-order valence-corrected chi connectivity index (χ1v) is 9.50. The SMILES string of the molecule is CCCC1=C(C(C)=O)Cc2cc(C(C)CC)cc(C(C)CC)c2O1. The Balaban J connectivity index is 2.57. The molecular formula is C22H32O2. The van der Waals surface area contributed by atoms with Gasteiger partial charge in [-0.1, -0.05) is 46.8 Å². The summed E-state index contributed by atoms with van der Waals surface area (Å²) < 4.78 is 6.33. The lowest BCUT2D eigenvalue weighted by molar-refractivity contribution is -0.113. The van der Waals surface area contributed by atoms with Crippen molar-refractivity contribution in [1.82, 2.24) is 0 Å². The van der Waals surface area contributed by atoms with Gasteiger partial charge < -0.3 is 4.74 Å². The van der Waals surface area contributed by atoms with Gasteiger partial charge in [-0.2, -0.15) is 0 Å². The molecule has 2 rings (SSSR count). The first-order chi connectivity index (χ1) is 11.4. The van der Waals surface area contributed by atoms with E-state index in [9.17, 15) is 4.79 Å². The highest BCUT2D eigenvalue weighted by Gasteiger charge is 2.26. The summed E-state index contributed by atoms with van der Waals surface area (Å²) in [6.07, 6.45) is 4.75. The molecule has 0 bridgehead atoms. The molecule has 0 N–H and O–H groups in total. The van der Waals surface area contributed by atoms with Gasteiger partial charge in [0.15, 0.2) is 5.78 Å². The van der Waals surface area contributed by atoms with Gasteiger partial charge in [-0.15, -0.1) is 0 Å². The van der Waals surface area contributed by atoms with E-state index in [4.69, 9.17) is 4.74 Å². The van der Waals surface area contributed by atoms with Crippen LogP contribution in [0.5, 0.6) is 5.75 Å². The maximum absolute atomic E-state index is 12.1. The Kier molecular flexibility index (Phi) is 6.26. The van der Waals surface area contributed by atoms with Crippen LogP contribution in [0.25, 0.3) is 0 Å². The van der Waals surface area contributed by atoms with Crippen LogP contribution in [0.2, 0.25) is 0 Å². The highest BCUT2D eigenvalue weighted by molar-refractivity contribution is 5.94. The van der Waals surface area contributed by atoms with Crippen molar-refractivity contribution in [3.63, 3.8) is 0 Å². The molecule has 1 heterocycles. The highest BCUT2D eigenvalue weighted by Crippen LogP contribution is 2.41. The van der Waals surface area contributed by atoms with Crippen molar-refractivity contribution in [1.29, 1.82) is 0 Å². The summed E-state index contributed by atoms with van der Waals surface area (Å²) in [5.74, 6) is 3.04. The first kappa shape index (κ1) is 18.8. The number of carbonyl (C=O) groups is 1. The summed E-state index contributed by atoms with van der Waals surface area (Å²) in [6, 6.07) is 4.60. The van der Waals surface area contributed by atoms with Crippen molar-refractivity contribution >= 4 is 5.78 Å². The lowest BCUT2D eigenvalue weighted by Gasteiger charge is -2.28. The number of ketones is 1. The minimum absolute atomic E-state index is 0.142. The zero-order valence-corrected chi connectivity index (χ0v) is 16.2. The molecule has 0 saturated carbocycles. The van der Waals surface area contributed by atoms with E-state index in [0.29, 0.717) is 18.3 Å². The summed E-state index contributed by atoms with van der Waals surface area (Å²) in [7, 11) is 0. The maximum Gasteiger partial charge on any atom is 0.159 e. The smallest absolute Gasteiger partial charge is 0.159 e. The monoisotopic (exact) mass is 328 g/mol. The Morgan fingerprint density at radius 1 is 1.12 bits per heavy atom. The van der Waals surface area contributed by atoms with Crippen LogP contribution in [0, 0.1) is 0 Å².